The Hall–Kier alpha value is -1.75. The first-order valence-corrected chi connectivity index (χ1v) is 5.94. The van der Waals surface area contributed by atoms with Crippen LogP contribution >= 0.6 is 0 Å². The van der Waals surface area contributed by atoms with Crippen LogP contribution in [-0.2, 0) is 18.5 Å². The minimum Gasteiger partial charge on any atom is -0.335 e. The molecule has 0 aliphatic heterocycles. The highest BCUT2D eigenvalue weighted by Gasteiger charge is 2.25. The van der Waals surface area contributed by atoms with E-state index in [0.29, 0.717) is 12.1 Å². The third-order valence-corrected chi connectivity index (χ3v) is 2.98. The highest BCUT2D eigenvalue weighted by molar-refractivity contribution is 5.17. The molecular weight excluding hydrogens is 231 g/mol. The smallest absolute Gasteiger partial charge is 0.141 e. The summed E-state index contributed by atoms with van der Waals surface area (Å²) in [5.41, 5.74) is 6.27. The zero-order chi connectivity index (χ0) is 13.2. The van der Waals surface area contributed by atoms with E-state index in [4.69, 9.17) is 5.73 Å². The van der Waals surface area contributed by atoms with Gasteiger partial charge in [-0.25, -0.2) is 9.37 Å². The zero-order valence-corrected chi connectivity index (χ0v) is 10.6. The summed E-state index contributed by atoms with van der Waals surface area (Å²) in [6.45, 7) is 4.78. The monoisotopic (exact) mass is 248 g/mol. The molecule has 1 unspecified atom stereocenters. The van der Waals surface area contributed by atoms with Gasteiger partial charge in [0.25, 0.3) is 0 Å². The van der Waals surface area contributed by atoms with Crippen molar-refractivity contribution in [1.29, 1.82) is 0 Å². The average molecular weight is 248 g/mol. The van der Waals surface area contributed by atoms with Crippen LogP contribution in [0.5, 0.6) is 0 Å². The number of halogens is 1. The highest BCUT2D eigenvalue weighted by atomic mass is 19.1. The number of pyridine rings is 1. The van der Waals surface area contributed by atoms with E-state index in [-0.39, 0.29) is 5.82 Å². The standard InChI is InChI=1S/C13H17FN4/c1-3-18-7-6-16-12(18)8-13(2,15)11-5-4-10(14)9-17-11/h4-7,9H,3,8,15H2,1-2H3. The highest BCUT2D eigenvalue weighted by Crippen LogP contribution is 2.20. The number of aryl methyl sites for hydroxylation is 1. The van der Waals surface area contributed by atoms with Crippen LogP contribution in [0.4, 0.5) is 4.39 Å². The predicted molar refractivity (Wildman–Crippen MR) is 67.3 cm³/mol. The first-order chi connectivity index (χ1) is 8.53. The van der Waals surface area contributed by atoms with Crippen molar-refractivity contribution >= 4 is 0 Å². The molecule has 0 amide bonds. The van der Waals surface area contributed by atoms with Crippen LogP contribution in [0.3, 0.4) is 0 Å². The van der Waals surface area contributed by atoms with Gasteiger partial charge in [0.1, 0.15) is 11.6 Å². The fourth-order valence-corrected chi connectivity index (χ4v) is 1.93. The lowest BCUT2D eigenvalue weighted by atomic mass is 9.94. The molecule has 0 bridgehead atoms. The molecular formula is C13H17FN4. The Labute approximate surface area is 106 Å². The van der Waals surface area contributed by atoms with Gasteiger partial charge in [0.05, 0.1) is 17.4 Å². The summed E-state index contributed by atoms with van der Waals surface area (Å²) in [6, 6.07) is 2.99. The van der Waals surface area contributed by atoms with E-state index in [1.54, 1.807) is 12.3 Å². The largest absolute Gasteiger partial charge is 0.335 e. The maximum absolute atomic E-state index is 12.9. The Bertz CT molecular complexity index is 516. The number of aromatic nitrogens is 3. The lowest BCUT2D eigenvalue weighted by Crippen LogP contribution is -2.37. The average Bonchev–Trinajstić information content (AvgIpc) is 2.76. The van der Waals surface area contributed by atoms with E-state index in [0.717, 1.165) is 12.4 Å². The molecule has 2 rings (SSSR count). The predicted octanol–water partition coefficient (Wildman–Crippen LogP) is 1.85. The number of nitrogens with zero attached hydrogens (tertiary/aromatic N) is 3. The van der Waals surface area contributed by atoms with Crippen LogP contribution in [0.2, 0.25) is 0 Å². The van der Waals surface area contributed by atoms with Crippen LogP contribution in [0, 0.1) is 5.82 Å². The zero-order valence-electron chi connectivity index (χ0n) is 10.6. The Balaban J connectivity index is 2.23. The Morgan fingerprint density at radius 1 is 1.39 bits per heavy atom. The lowest BCUT2D eigenvalue weighted by Gasteiger charge is -2.23. The van der Waals surface area contributed by atoms with Crippen molar-refractivity contribution in [3.05, 3.63) is 48.1 Å². The Morgan fingerprint density at radius 3 is 2.78 bits per heavy atom. The molecule has 0 aliphatic carbocycles. The van der Waals surface area contributed by atoms with Crippen LogP contribution in [-0.4, -0.2) is 14.5 Å². The number of imidazole rings is 1. The van der Waals surface area contributed by atoms with Crippen LogP contribution in [0.15, 0.2) is 30.7 Å². The van der Waals surface area contributed by atoms with E-state index < -0.39 is 5.54 Å². The molecule has 4 nitrogen and oxygen atoms in total. The number of hydrogen-bond donors (Lipinski definition) is 1. The summed E-state index contributed by atoms with van der Waals surface area (Å²) in [5, 5.41) is 0. The Kier molecular flexibility index (Phi) is 3.43. The van der Waals surface area contributed by atoms with Gasteiger partial charge in [-0.3, -0.25) is 4.98 Å². The molecule has 0 saturated heterocycles. The van der Waals surface area contributed by atoms with Gasteiger partial charge in [0.15, 0.2) is 0 Å². The van der Waals surface area contributed by atoms with Crippen molar-refractivity contribution in [2.24, 2.45) is 5.73 Å². The second-order valence-corrected chi connectivity index (χ2v) is 4.59. The minimum absolute atomic E-state index is 0.357. The van der Waals surface area contributed by atoms with E-state index in [2.05, 4.69) is 16.9 Å². The first kappa shape index (κ1) is 12.7. The molecule has 0 radical (unpaired) electrons. The molecule has 96 valence electrons. The molecule has 0 saturated carbocycles. The van der Waals surface area contributed by atoms with Crippen molar-refractivity contribution in [1.82, 2.24) is 14.5 Å². The van der Waals surface area contributed by atoms with Crippen molar-refractivity contribution in [2.75, 3.05) is 0 Å². The molecule has 5 heteroatoms. The Morgan fingerprint density at radius 2 is 2.17 bits per heavy atom. The van der Waals surface area contributed by atoms with Crippen LogP contribution in [0.25, 0.3) is 0 Å². The fourth-order valence-electron chi connectivity index (χ4n) is 1.93. The number of nitrogens with two attached hydrogens (primary N) is 1. The maximum Gasteiger partial charge on any atom is 0.141 e. The van der Waals surface area contributed by atoms with Gasteiger partial charge in [-0.15, -0.1) is 0 Å². The molecule has 18 heavy (non-hydrogen) atoms. The van der Waals surface area contributed by atoms with Crippen LogP contribution < -0.4 is 5.73 Å². The second kappa shape index (κ2) is 4.86. The van der Waals surface area contributed by atoms with Gasteiger partial charge in [-0.05, 0) is 26.0 Å². The summed E-state index contributed by atoms with van der Waals surface area (Å²) in [7, 11) is 0. The summed E-state index contributed by atoms with van der Waals surface area (Å²) in [6.07, 6.45) is 5.43. The first-order valence-electron chi connectivity index (χ1n) is 5.94. The number of hydrogen-bond acceptors (Lipinski definition) is 3. The molecule has 0 aliphatic rings. The summed E-state index contributed by atoms with van der Waals surface area (Å²) < 4.78 is 14.9. The fraction of sp³-hybridized carbons (Fsp3) is 0.385. The van der Waals surface area contributed by atoms with Crippen LogP contribution in [0.1, 0.15) is 25.4 Å². The lowest BCUT2D eigenvalue weighted by molar-refractivity contribution is 0.450. The molecule has 2 N–H and O–H groups in total. The van der Waals surface area contributed by atoms with Gasteiger partial charge < -0.3 is 10.3 Å². The van der Waals surface area contributed by atoms with Gasteiger partial charge in [0.2, 0.25) is 0 Å². The SMILES string of the molecule is CCn1ccnc1CC(C)(N)c1ccc(F)cn1. The summed E-state index contributed by atoms with van der Waals surface area (Å²) >= 11 is 0. The number of rotatable bonds is 4. The molecule has 2 aromatic rings. The van der Waals surface area contributed by atoms with E-state index in [1.165, 1.54) is 12.3 Å². The van der Waals surface area contributed by atoms with Gasteiger partial charge in [-0.2, -0.15) is 0 Å². The quantitative estimate of drug-likeness (QED) is 0.898. The second-order valence-electron chi connectivity index (χ2n) is 4.59. The maximum atomic E-state index is 12.9. The van der Waals surface area contributed by atoms with E-state index >= 15 is 0 Å². The molecule has 1 atom stereocenters. The summed E-state index contributed by atoms with van der Waals surface area (Å²) in [5.74, 6) is 0.554. The molecule has 2 aromatic heterocycles. The van der Waals surface area contributed by atoms with E-state index in [9.17, 15) is 4.39 Å². The van der Waals surface area contributed by atoms with Crippen molar-refractivity contribution in [3.63, 3.8) is 0 Å². The van der Waals surface area contributed by atoms with Crippen molar-refractivity contribution in [2.45, 2.75) is 32.4 Å². The molecule has 0 spiro atoms. The summed E-state index contributed by atoms with van der Waals surface area (Å²) in [4.78, 5) is 8.35. The van der Waals surface area contributed by atoms with E-state index in [1.807, 2.05) is 17.7 Å². The van der Waals surface area contributed by atoms with Gasteiger partial charge in [-0.1, -0.05) is 0 Å². The van der Waals surface area contributed by atoms with Crippen molar-refractivity contribution in [3.8, 4) is 0 Å². The third kappa shape index (κ3) is 2.56. The molecule has 0 aromatic carbocycles. The van der Waals surface area contributed by atoms with Crippen molar-refractivity contribution < 1.29 is 4.39 Å². The normalized spacial score (nSPS) is 14.4. The van der Waals surface area contributed by atoms with Gasteiger partial charge in [0, 0.05) is 25.4 Å². The topological polar surface area (TPSA) is 56.7 Å². The molecule has 2 heterocycles. The molecule has 0 fully saturated rings. The van der Waals surface area contributed by atoms with Gasteiger partial charge >= 0.3 is 0 Å². The minimum atomic E-state index is -0.661. The third-order valence-electron chi connectivity index (χ3n) is 2.98.